The molecule has 0 aromatic heterocycles. The van der Waals surface area contributed by atoms with E-state index in [9.17, 15) is 16.8 Å². The van der Waals surface area contributed by atoms with E-state index in [-0.39, 0.29) is 10.6 Å². The standard InChI is InChI=1S/C12H19NO4S2/c1-3-13-19(16,17)12-8-6-11(7-9-12)5-4-10-18(2,14)15/h6-9,13H,3-5,10H2,1-2H3. The largest absolute Gasteiger partial charge is 0.240 e. The van der Waals surface area contributed by atoms with Crippen LogP contribution in [0.15, 0.2) is 29.2 Å². The van der Waals surface area contributed by atoms with Gasteiger partial charge >= 0.3 is 0 Å². The maximum absolute atomic E-state index is 11.7. The van der Waals surface area contributed by atoms with Crippen LogP contribution in [0.25, 0.3) is 0 Å². The van der Waals surface area contributed by atoms with E-state index < -0.39 is 19.9 Å². The number of hydrogen-bond donors (Lipinski definition) is 1. The predicted molar refractivity (Wildman–Crippen MR) is 75.3 cm³/mol. The maximum atomic E-state index is 11.7. The van der Waals surface area contributed by atoms with Gasteiger partial charge in [-0.25, -0.2) is 21.6 Å². The van der Waals surface area contributed by atoms with Gasteiger partial charge in [0.25, 0.3) is 0 Å². The fourth-order valence-electron chi connectivity index (χ4n) is 1.65. The normalized spacial score (nSPS) is 12.5. The molecule has 0 radical (unpaired) electrons. The molecule has 7 heteroatoms. The molecule has 19 heavy (non-hydrogen) atoms. The van der Waals surface area contributed by atoms with Gasteiger partial charge in [0.1, 0.15) is 9.84 Å². The minimum absolute atomic E-state index is 0.143. The smallest absolute Gasteiger partial charge is 0.229 e. The lowest BCUT2D eigenvalue weighted by Crippen LogP contribution is -2.23. The zero-order valence-electron chi connectivity index (χ0n) is 11.1. The highest BCUT2D eigenvalue weighted by Gasteiger charge is 2.11. The van der Waals surface area contributed by atoms with Gasteiger partial charge in [-0.2, -0.15) is 0 Å². The topological polar surface area (TPSA) is 80.3 Å². The van der Waals surface area contributed by atoms with Crippen LogP contribution in [-0.2, 0) is 26.3 Å². The molecule has 5 nitrogen and oxygen atoms in total. The van der Waals surface area contributed by atoms with Crippen molar-refractivity contribution in [3.63, 3.8) is 0 Å². The molecule has 1 rings (SSSR count). The number of rotatable bonds is 7. The quantitative estimate of drug-likeness (QED) is 0.813. The molecule has 0 aliphatic heterocycles. The highest BCUT2D eigenvalue weighted by Crippen LogP contribution is 2.12. The molecule has 0 fully saturated rings. The molecule has 108 valence electrons. The second-order valence-electron chi connectivity index (χ2n) is 4.38. The fraction of sp³-hybridized carbons (Fsp3) is 0.500. The minimum Gasteiger partial charge on any atom is -0.229 e. The Morgan fingerprint density at radius 2 is 1.63 bits per heavy atom. The van der Waals surface area contributed by atoms with Crippen molar-refractivity contribution in [2.24, 2.45) is 0 Å². The Morgan fingerprint density at radius 1 is 1.05 bits per heavy atom. The van der Waals surface area contributed by atoms with Gasteiger partial charge in [0.2, 0.25) is 10.0 Å². The van der Waals surface area contributed by atoms with Crippen LogP contribution in [0, 0.1) is 0 Å². The van der Waals surface area contributed by atoms with Gasteiger partial charge in [0.15, 0.2) is 0 Å². The summed E-state index contributed by atoms with van der Waals surface area (Å²) in [4.78, 5) is 0.223. The number of benzene rings is 1. The summed E-state index contributed by atoms with van der Waals surface area (Å²) in [5.74, 6) is 0.143. The lowest BCUT2D eigenvalue weighted by atomic mass is 10.1. The molecule has 0 atom stereocenters. The van der Waals surface area contributed by atoms with E-state index in [1.807, 2.05) is 0 Å². The Labute approximate surface area is 115 Å². The molecule has 0 unspecified atom stereocenters. The number of hydrogen-bond acceptors (Lipinski definition) is 4. The number of nitrogens with one attached hydrogen (secondary N) is 1. The van der Waals surface area contributed by atoms with Crippen LogP contribution in [0.1, 0.15) is 18.9 Å². The predicted octanol–water partition coefficient (Wildman–Crippen LogP) is 0.962. The zero-order valence-corrected chi connectivity index (χ0v) is 12.7. The van der Waals surface area contributed by atoms with Crippen LogP contribution in [0.3, 0.4) is 0 Å². The van der Waals surface area contributed by atoms with Crippen molar-refractivity contribution in [2.45, 2.75) is 24.7 Å². The van der Waals surface area contributed by atoms with Gasteiger partial charge in [-0.3, -0.25) is 0 Å². The third-order valence-electron chi connectivity index (χ3n) is 2.55. The second kappa shape index (κ2) is 6.49. The van der Waals surface area contributed by atoms with E-state index in [1.54, 1.807) is 19.1 Å². The van der Waals surface area contributed by atoms with Crippen molar-refractivity contribution in [2.75, 3.05) is 18.6 Å². The third kappa shape index (κ3) is 5.71. The molecular weight excluding hydrogens is 286 g/mol. The van der Waals surface area contributed by atoms with Crippen LogP contribution < -0.4 is 4.72 Å². The molecule has 0 spiro atoms. The molecule has 0 heterocycles. The first-order valence-electron chi connectivity index (χ1n) is 6.01. The Hall–Kier alpha value is -0.920. The van der Waals surface area contributed by atoms with Crippen LogP contribution >= 0.6 is 0 Å². The molecule has 0 saturated carbocycles. The lowest BCUT2D eigenvalue weighted by molar-refractivity contribution is 0.584. The summed E-state index contributed by atoms with van der Waals surface area (Å²) in [5, 5.41) is 0. The molecule has 0 aliphatic rings. The summed E-state index contributed by atoms with van der Waals surface area (Å²) < 4.78 is 47.8. The molecule has 1 aromatic rings. The molecule has 0 amide bonds. The van der Waals surface area contributed by atoms with Crippen molar-refractivity contribution in [3.05, 3.63) is 29.8 Å². The third-order valence-corrected chi connectivity index (χ3v) is 5.14. The Morgan fingerprint density at radius 3 is 2.11 bits per heavy atom. The van der Waals surface area contributed by atoms with E-state index in [4.69, 9.17) is 0 Å². The first-order valence-corrected chi connectivity index (χ1v) is 9.55. The summed E-state index contributed by atoms with van der Waals surface area (Å²) in [6, 6.07) is 6.50. The van der Waals surface area contributed by atoms with E-state index in [0.29, 0.717) is 19.4 Å². The lowest BCUT2D eigenvalue weighted by Gasteiger charge is -2.06. The molecular formula is C12H19NO4S2. The van der Waals surface area contributed by atoms with Crippen LogP contribution in [0.4, 0.5) is 0 Å². The summed E-state index contributed by atoms with van der Waals surface area (Å²) in [7, 11) is -6.36. The summed E-state index contributed by atoms with van der Waals surface area (Å²) in [5.41, 5.74) is 0.930. The van der Waals surface area contributed by atoms with Gasteiger partial charge in [-0.1, -0.05) is 19.1 Å². The van der Waals surface area contributed by atoms with Crippen molar-refractivity contribution >= 4 is 19.9 Å². The molecule has 1 aromatic carbocycles. The molecule has 0 aliphatic carbocycles. The maximum Gasteiger partial charge on any atom is 0.240 e. The Kier molecular flexibility index (Phi) is 5.51. The van der Waals surface area contributed by atoms with Crippen molar-refractivity contribution in [3.8, 4) is 0 Å². The minimum atomic E-state index is -3.42. The average molecular weight is 305 g/mol. The van der Waals surface area contributed by atoms with Gasteiger partial charge in [-0.05, 0) is 30.5 Å². The van der Waals surface area contributed by atoms with Gasteiger partial charge in [0, 0.05) is 12.8 Å². The van der Waals surface area contributed by atoms with Crippen LogP contribution in [0.5, 0.6) is 0 Å². The van der Waals surface area contributed by atoms with Crippen molar-refractivity contribution in [1.29, 1.82) is 0 Å². The number of sulfonamides is 1. The summed E-state index contributed by atoms with van der Waals surface area (Å²) in [6.45, 7) is 2.07. The number of sulfone groups is 1. The van der Waals surface area contributed by atoms with E-state index in [1.165, 1.54) is 18.4 Å². The average Bonchev–Trinajstić information content (AvgIpc) is 2.28. The SMILES string of the molecule is CCNS(=O)(=O)c1ccc(CCCS(C)(=O)=O)cc1. The Bertz CT molecular complexity index is 604. The first kappa shape index (κ1) is 16.1. The molecule has 0 bridgehead atoms. The number of aryl methyl sites for hydroxylation is 1. The highest BCUT2D eigenvalue weighted by molar-refractivity contribution is 7.90. The molecule has 1 N–H and O–H groups in total. The second-order valence-corrected chi connectivity index (χ2v) is 8.41. The van der Waals surface area contributed by atoms with Crippen LogP contribution in [0.2, 0.25) is 0 Å². The van der Waals surface area contributed by atoms with Gasteiger partial charge < -0.3 is 0 Å². The fourth-order valence-corrected chi connectivity index (χ4v) is 3.36. The van der Waals surface area contributed by atoms with E-state index in [0.717, 1.165) is 5.56 Å². The summed E-state index contributed by atoms with van der Waals surface area (Å²) in [6.07, 6.45) is 2.37. The van der Waals surface area contributed by atoms with Crippen molar-refractivity contribution in [1.82, 2.24) is 4.72 Å². The zero-order chi connectivity index (χ0) is 14.5. The molecule has 0 saturated heterocycles. The van der Waals surface area contributed by atoms with Crippen LogP contribution in [-0.4, -0.2) is 35.4 Å². The van der Waals surface area contributed by atoms with E-state index in [2.05, 4.69) is 4.72 Å². The first-order chi connectivity index (χ1) is 8.74. The van der Waals surface area contributed by atoms with Gasteiger partial charge in [-0.15, -0.1) is 0 Å². The van der Waals surface area contributed by atoms with Crippen molar-refractivity contribution < 1.29 is 16.8 Å². The van der Waals surface area contributed by atoms with Gasteiger partial charge in [0.05, 0.1) is 10.6 Å². The summed E-state index contributed by atoms with van der Waals surface area (Å²) >= 11 is 0. The monoisotopic (exact) mass is 305 g/mol. The Balaban J connectivity index is 2.67. The highest BCUT2D eigenvalue weighted by atomic mass is 32.2. The van der Waals surface area contributed by atoms with E-state index >= 15 is 0 Å².